The lowest BCUT2D eigenvalue weighted by atomic mass is 9.88. The van der Waals surface area contributed by atoms with Crippen LogP contribution in [0.1, 0.15) is 41.6 Å². The lowest BCUT2D eigenvalue weighted by molar-refractivity contribution is 0.112. The van der Waals surface area contributed by atoms with Crippen molar-refractivity contribution in [2.24, 2.45) is 17.8 Å². The number of carbonyl (C=O) groups excluding carboxylic acids is 1. The lowest BCUT2D eigenvalue weighted by Crippen LogP contribution is -2.28. The highest BCUT2D eigenvalue weighted by molar-refractivity contribution is 5.75. The number of rotatable bonds is 6. The number of fused-ring (bicyclic) bond motifs is 2. The van der Waals surface area contributed by atoms with Crippen molar-refractivity contribution in [3.63, 3.8) is 0 Å². The van der Waals surface area contributed by atoms with E-state index in [1.54, 1.807) is 7.11 Å². The second-order valence-corrected chi connectivity index (χ2v) is 6.82. The van der Waals surface area contributed by atoms with E-state index in [2.05, 4.69) is 11.9 Å². The summed E-state index contributed by atoms with van der Waals surface area (Å²) in [7, 11) is 3.87. The monoisotopic (exact) mass is 287 g/mol. The Kier molecular flexibility index (Phi) is 4.29. The summed E-state index contributed by atoms with van der Waals surface area (Å²) < 4.78 is 5.42. The van der Waals surface area contributed by atoms with Crippen molar-refractivity contribution in [2.75, 3.05) is 20.7 Å². The molecule has 2 fully saturated rings. The fraction of sp³-hybridized carbons (Fsp3) is 0.611. The highest BCUT2D eigenvalue weighted by Crippen LogP contribution is 2.48. The van der Waals surface area contributed by atoms with Gasteiger partial charge < -0.3 is 9.64 Å². The minimum Gasteiger partial charge on any atom is -0.496 e. The topological polar surface area (TPSA) is 29.5 Å². The summed E-state index contributed by atoms with van der Waals surface area (Å²) in [5.41, 5.74) is 1.83. The normalized spacial score (nSPS) is 27.3. The number of nitrogens with zero attached hydrogens (tertiary/aromatic N) is 1. The molecule has 2 saturated carbocycles. The first-order valence-electron chi connectivity index (χ1n) is 8.00. The van der Waals surface area contributed by atoms with Gasteiger partial charge in [0.1, 0.15) is 12.0 Å². The largest absolute Gasteiger partial charge is 0.496 e. The zero-order valence-electron chi connectivity index (χ0n) is 13.0. The molecule has 21 heavy (non-hydrogen) atoms. The molecule has 0 aromatic heterocycles. The molecule has 3 rings (SSSR count). The Morgan fingerprint density at radius 2 is 2.19 bits per heavy atom. The van der Waals surface area contributed by atoms with Gasteiger partial charge in [0, 0.05) is 24.2 Å². The van der Waals surface area contributed by atoms with Crippen molar-refractivity contribution in [1.29, 1.82) is 0 Å². The van der Waals surface area contributed by atoms with Gasteiger partial charge in [-0.2, -0.15) is 0 Å². The molecule has 2 aliphatic carbocycles. The SMILES string of the molecule is COc1ccc(C=O)cc1CN(C)CC1CC2CCC1C2. The van der Waals surface area contributed by atoms with Crippen molar-refractivity contribution in [3.8, 4) is 5.75 Å². The molecule has 0 N–H and O–H groups in total. The van der Waals surface area contributed by atoms with E-state index >= 15 is 0 Å². The minimum atomic E-state index is 0.721. The van der Waals surface area contributed by atoms with Crippen LogP contribution in [0.15, 0.2) is 18.2 Å². The molecule has 0 amide bonds. The predicted octanol–water partition coefficient (Wildman–Crippen LogP) is 3.38. The van der Waals surface area contributed by atoms with Crippen LogP contribution >= 0.6 is 0 Å². The van der Waals surface area contributed by atoms with Gasteiger partial charge in [0.05, 0.1) is 7.11 Å². The van der Waals surface area contributed by atoms with Crippen LogP contribution in [0.4, 0.5) is 0 Å². The molecule has 3 unspecified atom stereocenters. The second-order valence-electron chi connectivity index (χ2n) is 6.82. The molecule has 0 spiro atoms. The van der Waals surface area contributed by atoms with E-state index in [4.69, 9.17) is 4.74 Å². The predicted molar refractivity (Wildman–Crippen MR) is 83.7 cm³/mol. The molecule has 114 valence electrons. The average molecular weight is 287 g/mol. The summed E-state index contributed by atoms with van der Waals surface area (Å²) in [5.74, 6) is 3.70. The van der Waals surface area contributed by atoms with Crippen molar-refractivity contribution < 1.29 is 9.53 Å². The van der Waals surface area contributed by atoms with Crippen molar-refractivity contribution >= 4 is 6.29 Å². The Balaban J connectivity index is 1.64. The van der Waals surface area contributed by atoms with Gasteiger partial charge in [-0.25, -0.2) is 0 Å². The molecule has 3 atom stereocenters. The first kappa shape index (κ1) is 14.6. The zero-order chi connectivity index (χ0) is 14.8. The molecule has 0 heterocycles. The maximum Gasteiger partial charge on any atom is 0.150 e. The molecule has 3 nitrogen and oxygen atoms in total. The van der Waals surface area contributed by atoms with Crippen LogP contribution in [0, 0.1) is 17.8 Å². The van der Waals surface area contributed by atoms with E-state index in [-0.39, 0.29) is 0 Å². The summed E-state index contributed by atoms with van der Waals surface area (Å²) >= 11 is 0. The fourth-order valence-corrected chi connectivity index (χ4v) is 4.35. The summed E-state index contributed by atoms with van der Waals surface area (Å²) in [6, 6.07) is 5.65. The van der Waals surface area contributed by atoms with Crippen LogP contribution in [0.25, 0.3) is 0 Å². The molecule has 0 radical (unpaired) electrons. The third-order valence-electron chi connectivity index (χ3n) is 5.31. The van der Waals surface area contributed by atoms with Crippen LogP contribution in [-0.4, -0.2) is 31.9 Å². The standard InChI is InChI=1S/C18H25NO2/c1-19(10-16-8-13-3-5-15(16)7-13)11-17-9-14(12-20)4-6-18(17)21-2/h4,6,9,12-13,15-16H,3,5,7-8,10-11H2,1-2H3. The Hall–Kier alpha value is -1.35. The lowest BCUT2D eigenvalue weighted by Gasteiger charge is -2.27. The van der Waals surface area contributed by atoms with Crippen molar-refractivity contribution in [1.82, 2.24) is 4.90 Å². The molecular formula is C18H25NO2. The highest BCUT2D eigenvalue weighted by atomic mass is 16.5. The molecule has 3 heteroatoms. The third kappa shape index (κ3) is 3.13. The summed E-state index contributed by atoms with van der Waals surface area (Å²) in [5, 5.41) is 0. The average Bonchev–Trinajstić information content (AvgIpc) is 3.09. The van der Waals surface area contributed by atoms with Gasteiger partial charge in [0.15, 0.2) is 0 Å². The van der Waals surface area contributed by atoms with Crippen LogP contribution in [0.2, 0.25) is 0 Å². The van der Waals surface area contributed by atoms with Gasteiger partial charge in [0.25, 0.3) is 0 Å². The van der Waals surface area contributed by atoms with Crippen LogP contribution in [-0.2, 0) is 6.54 Å². The Bertz CT molecular complexity index is 514. The Morgan fingerprint density at radius 1 is 1.33 bits per heavy atom. The quantitative estimate of drug-likeness (QED) is 0.751. The number of aldehydes is 1. The summed E-state index contributed by atoms with van der Waals surface area (Å²) in [4.78, 5) is 13.3. The van der Waals surface area contributed by atoms with Gasteiger partial charge in [0.2, 0.25) is 0 Å². The van der Waals surface area contributed by atoms with Gasteiger partial charge in [-0.1, -0.05) is 6.42 Å². The maximum atomic E-state index is 11.0. The molecule has 0 aliphatic heterocycles. The van der Waals surface area contributed by atoms with E-state index in [0.717, 1.165) is 54.0 Å². The third-order valence-corrected chi connectivity index (χ3v) is 5.31. The number of methoxy groups -OCH3 is 1. The number of benzene rings is 1. The molecule has 2 bridgehead atoms. The van der Waals surface area contributed by atoms with E-state index in [0.29, 0.717) is 0 Å². The highest BCUT2D eigenvalue weighted by Gasteiger charge is 2.39. The van der Waals surface area contributed by atoms with E-state index < -0.39 is 0 Å². The van der Waals surface area contributed by atoms with Gasteiger partial charge >= 0.3 is 0 Å². The Morgan fingerprint density at radius 3 is 2.81 bits per heavy atom. The van der Waals surface area contributed by atoms with Crippen LogP contribution in [0.5, 0.6) is 5.75 Å². The van der Waals surface area contributed by atoms with E-state index in [9.17, 15) is 4.79 Å². The number of carbonyl (C=O) groups is 1. The molecular weight excluding hydrogens is 262 g/mol. The van der Waals surface area contributed by atoms with Crippen LogP contribution in [0.3, 0.4) is 0 Å². The molecule has 0 saturated heterocycles. The first-order chi connectivity index (χ1) is 10.2. The molecule has 1 aromatic rings. The van der Waals surface area contributed by atoms with Crippen molar-refractivity contribution in [2.45, 2.75) is 32.2 Å². The number of hydrogen-bond acceptors (Lipinski definition) is 3. The van der Waals surface area contributed by atoms with E-state index in [1.807, 2.05) is 18.2 Å². The van der Waals surface area contributed by atoms with Gasteiger partial charge in [-0.15, -0.1) is 0 Å². The fourth-order valence-electron chi connectivity index (χ4n) is 4.35. The number of hydrogen-bond donors (Lipinski definition) is 0. The zero-order valence-corrected chi connectivity index (χ0v) is 13.0. The smallest absolute Gasteiger partial charge is 0.150 e. The maximum absolute atomic E-state index is 11.0. The second kappa shape index (κ2) is 6.18. The Labute approximate surface area is 127 Å². The molecule has 2 aliphatic rings. The number of ether oxygens (including phenoxy) is 1. The van der Waals surface area contributed by atoms with Crippen LogP contribution < -0.4 is 4.74 Å². The summed E-state index contributed by atoms with van der Waals surface area (Å²) in [6.07, 6.45) is 6.68. The molecule has 1 aromatic carbocycles. The van der Waals surface area contributed by atoms with Crippen molar-refractivity contribution in [3.05, 3.63) is 29.3 Å². The minimum absolute atomic E-state index is 0.721. The first-order valence-corrected chi connectivity index (χ1v) is 8.00. The van der Waals surface area contributed by atoms with Gasteiger partial charge in [-0.05, 0) is 62.3 Å². The van der Waals surface area contributed by atoms with Gasteiger partial charge in [-0.3, -0.25) is 4.79 Å². The summed E-state index contributed by atoms with van der Waals surface area (Å²) in [6.45, 7) is 2.01. The van der Waals surface area contributed by atoms with E-state index in [1.165, 1.54) is 25.7 Å².